The van der Waals surface area contributed by atoms with Crippen LogP contribution in [0.15, 0.2) is 18.2 Å². The molecule has 0 bridgehead atoms. The first-order chi connectivity index (χ1) is 10.0. The molecule has 3 nitrogen and oxygen atoms in total. The summed E-state index contributed by atoms with van der Waals surface area (Å²) in [6, 6.07) is 7.05. The van der Waals surface area contributed by atoms with Crippen molar-refractivity contribution in [1.29, 1.82) is 0 Å². The zero-order valence-electron chi connectivity index (χ0n) is 13.6. The first-order valence-corrected chi connectivity index (χ1v) is 8.15. The van der Waals surface area contributed by atoms with Gasteiger partial charge in [0.25, 0.3) is 0 Å². The van der Waals surface area contributed by atoms with Gasteiger partial charge in [0.15, 0.2) is 0 Å². The maximum absolute atomic E-state index is 5.99. The number of nitrogens with one attached hydrogen (secondary N) is 1. The normalized spacial score (nSPS) is 28.2. The van der Waals surface area contributed by atoms with E-state index in [9.17, 15) is 0 Å². The number of fused-ring (bicyclic) bond motifs is 1. The van der Waals surface area contributed by atoms with Crippen LogP contribution >= 0.6 is 0 Å². The number of benzene rings is 1. The summed E-state index contributed by atoms with van der Waals surface area (Å²) < 4.78 is 11.9. The Morgan fingerprint density at radius 3 is 2.90 bits per heavy atom. The quantitative estimate of drug-likeness (QED) is 0.920. The Hall–Kier alpha value is -1.06. The zero-order chi connectivity index (χ0) is 15.0. The van der Waals surface area contributed by atoms with Gasteiger partial charge in [-0.1, -0.05) is 19.1 Å². The minimum Gasteiger partial charge on any atom is -0.487 e. The Labute approximate surface area is 128 Å². The van der Waals surface area contributed by atoms with Crippen molar-refractivity contribution in [3.8, 4) is 5.75 Å². The van der Waals surface area contributed by atoms with Gasteiger partial charge in [-0.15, -0.1) is 0 Å². The summed E-state index contributed by atoms with van der Waals surface area (Å²) in [4.78, 5) is 0. The average Bonchev–Trinajstić information content (AvgIpc) is 3.01. The Morgan fingerprint density at radius 1 is 1.38 bits per heavy atom. The molecule has 0 aromatic heterocycles. The smallest absolute Gasteiger partial charge is 0.123 e. The van der Waals surface area contributed by atoms with E-state index in [1.165, 1.54) is 11.1 Å². The lowest BCUT2D eigenvalue weighted by Gasteiger charge is -2.27. The molecule has 0 aliphatic carbocycles. The molecule has 3 atom stereocenters. The molecule has 1 fully saturated rings. The highest BCUT2D eigenvalue weighted by atomic mass is 16.5. The van der Waals surface area contributed by atoms with E-state index in [0.717, 1.165) is 31.6 Å². The second kappa shape index (κ2) is 5.62. The van der Waals surface area contributed by atoms with Crippen molar-refractivity contribution in [3.05, 3.63) is 29.3 Å². The first-order valence-electron chi connectivity index (χ1n) is 8.15. The van der Waals surface area contributed by atoms with Crippen LogP contribution in [0.1, 0.15) is 50.8 Å². The predicted octanol–water partition coefficient (Wildman–Crippen LogP) is 3.48. The predicted molar refractivity (Wildman–Crippen MR) is 84.8 cm³/mol. The second-order valence-electron chi connectivity index (χ2n) is 6.94. The molecule has 3 unspecified atom stereocenters. The van der Waals surface area contributed by atoms with E-state index in [-0.39, 0.29) is 5.60 Å². The third-order valence-corrected chi connectivity index (χ3v) is 4.85. The zero-order valence-corrected chi connectivity index (χ0v) is 13.6. The van der Waals surface area contributed by atoms with E-state index in [0.29, 0.717) is 18.1 Å². The van der Waals surface area contributed by atoms with E-state index in [4.69, 9.17) is 9.47 Å². The standard InChI is InChI=1S/C18H27NO2/c1-5-15-14(8-9-20-15)17(19-4)12-6-7-16-13(10-12)11-18(2,3)21-16/h6-7,10,14-15,17,19H,5,8-9,11H2,1-4H3. The molecule has 2 aliphatic rings. The van der Waals surface area contributed by atoms with Gasteiger partial charge in [0.05, 0.1) is 6.10 Å². The fraction of sp³-hybridized carbons (Fsp3) is 0.667. The van der Waals surface area contributed by atoms with Crippen LogP contribution in [0.2, 0.25) is 0 Å². The molecule has 1 saturated heterocycles. The van der Waals surface area contributed by atoms with Gasteiger partial charge in [-0.2, -0.15) is 0 Å². The molecular weight excluding hydrogens is 262 g/mol. The minimum absolute atomic E-state index is 0.0709. The van der Waals surface area contributed by atoms with E-state index < -0.39 is 0 Å². The molecule has 2 heterocycles. The van der Waals surface area contributed by atoms with Gasteiger partial charge in [0.1, 0.15) is 11.4 Å². The van der Waals surface area contributed by atoms with Crippen molar-refractivity contribution in [1.82, 2.24) is 5.32 Å². The van der Waals surface area contributed by atoms with Crippen molar-refractivity contribution in [3.63, 3.8) is 0 Å². The molecule has 1 aromatic carbocycles. The van der Waals surface area contributed by atoms with E-state index >= 15 is 0 Å². The van der Waals surface area contributed by atoms with Crippen LogP contribution in [0, 0.1) is 5.92 Å². The molecule has 0 saturated carbocycles. The summed E-state index contributed by atoms with van der Waals surface area (Å²) >= 11 is 0. The summed E-state index contributed by atoms with van der Waals surface area (Å²) in [5.41, 5.74) is 2.63. The molecule has 0 radical (unpaired) electrons. The minimum atomic E-state index is -0.0709. The molecule has 116 valence electrons. The van der Waals surface area contributed by atoms with Gasteiger partial charge in [0.2, 0.25) is 0 Å². The lowest BCUT2D eigenvalue weighted by Crippen LogP contribution is -2.30. The Kier molecular flexibility index (Phi) is 3.98. The van der Waals surface area contributed by atoms with E-state index in [1.54, 1.807) is 0 Å². The highest BCUT2D eigenvalue weighted by molar-refractivity contribution is 5.43. The van der Waals surface area contributed by atoms with Crippen LogP contribution in [0.4, 0.5) is 0 Å². The fourth-order valence-electron chi connectivity index (χ4n) is 3.92. The molecule has 3 heteroatoms. The molecule has 0 spiro atoms. The molecule has 21 heavy (non-hydrogen) atoms. The van der Waals surface area contributed by atoms with Gasteiger partial charge >= 0.3 is 0 Å². The number of rotatable bonds is 4. The Balaban J connectivity index is 1.86. The van der Waals surface area contributed by atoms with Crippen molar-refractivity contribution in [2.24, 2.45) is 5.92 Å². The van der Waals surface area contributed by atoms with Crippen molar-refractivity contribution in [2.75, 3.05) is 13.7 Å². The van der Waals surface area contributed by atoms with Crippen LogP contribution in [0.25, 0.3) is 0 Å². The third kappa shape index (κ3) is 2.82. The van der Waals surface area contributed by atoms with Crippen LogP contribution in [-0.4, -0.2) is 25.4 Å². The van der Waals surface area contributed by atoms with Gasteiger partial charge < -0.3 is 14.8 Å². The molecule has 1 aromatic rings. The monoisotopic (exact) mass is 289 g/mol. The largest absolute Gasteiger partial charge is 0.487 e. The Bertz CT molecular complexity index is 512. The molecule has 3 rings (SSSR count). The van der Waals surface area contributed by atoms with Gasteiger partial charge in [-0.05, 0) is 50.9 Å². The lowest BCUT2D eigenvalue weighted by molar-refractivity contribution is 0.0782. The van der Waals surface area contributed by atoms with E-state index in [1.807, 2.05) is 0 Å². The van der Waals surface area contributed by atoms with Crippen LogP contribution < -0.4 is 10.1 Å². The van der Waals surface area contributed by atoms with E-state index in [2.05, 4.69) is 51.3 Å². The summed E-state index contributed by atoms with van der Waals surface area (Å²) in [5, 5.41) is 3.52. The summed E-state index contributed by atoms with van der Waals surface area (Å²) in [6.07, 6.45) is 3.60. The second-order valence-corrected chi connectivity index (χ2v) is 6.94. The highest BCUT2D eigenvalue weighted by Crippen LogP contribution is 2.39. The molecule has 2 aliphatic heterocycles. The van der Waals surface area contributed by atoms with Gasteiger partial charge in [-0.3, -0.25) is 0 Å². The fourth-order valence-corrected chi connectivity index (χ4v) is 3.92. The number of hydrogen-bond donors (Lipinski definition) is 1. The molecule has 1 N–H and O–H groups in total. The number of hydrogen-bond acceptors (Lipinski definition) is 3. The van der Waals surface area contributed by atoms with Gasteiger partial charge in [0, 0.05) is 25.0 Å². The summed E-state index contributed by atoms with van der Waals surface area (Å²) in [6.45, 7) is 7.41. The van der Waals surface area contributed by atoms with Crippen LogP contribution in [0.3, 0.4) is 0 Å². The maximum atomic E-state index is 5.99. The first kappa shape index (κ1) is 14.9. The molecular formula is C18H27NO2. The SMILES string of the molecule is CCC1OCCC1C(NC)c1ccc2c(c1)CC(C)(C)O2. The van der Waals surface area contributed by atoms with Crippen molar-refractivity contribution < 1.29 is 9.47 Å². The van der Waals surface area contributed by atoms with Crippen LogP contribution in [0.5, 0.6) is 5.75 Å². The topological polar surface area (TPSA) is 30.5 Å². The Morgan fingerprint density at radius 2 is 2.19 bits per heavy atom. The van der Waals surface area contributed by atoms with Crippen molar-refractivity contribution in [2.45, 2.75) is 57.8 Å². The maximum Gasteiger partial charge on any atom is 0.123 e. The third-order valence-electron chi connectivity index (χ3n) is 4.85. The summed E-state index contributed by atoms with van der Waals surface area (Å²) in [7, 11) is 2.06. The summed E-state index contributed by atoms with van der Waals surface area (Å²) in [5.74, 6) is 1.61. The molecule has 0 amide bonds. The van der Waals surface area contributed by atoms with Crippen molar-refractivity contribution >= 4 is 0 Å². The number of ether oxygens (including phenoxy) is 2. The van der Waals surface area contributed by atoms with Crippen LogP contribution in [-0.2, 0) is 11.2 Å². The average molecular weight is 289 g/mol. The highest BCUT2D eigenvalue weighted by Gasteiger charge is 2.35. The lowest BCUT2D eigenvalue weighted by atomic mass is 9.86. The van der Waals surface area contributed by atoms with Gasteiger partial charge in [-0.25, -0.2) is 0 Å².